The van der Waals surface area contributed by atoms with Gasteiger partial charge in [0.15, 0.2) is 5.94 Å². The van der Waals surface area contributed by atoms with Gasteiger partial charge in [0.05, 0.1) is 20.6 Å². The van der Waals surface area contributed by atoms with Crippen molar-refractivity contribution in [3.05, 3.63) is 34.9 Å². The molecule has 0 unspecified atom stereocenters. The lowest BCUT2D eigenvalue weighted by Crippen LogP contribution is -2.06. The van der Waals surface area contributed by atoms with Crippen molar-refractivity contribution < 1.29 is 23.9 Å². The summed E-state index contributed by atoms with van der Waals surface area (Å²) < 4.78 is 9.56. The Morgan fingerprint density at radius 3 is 2.45 bits per heavy atom. The first-order valence-electron chi connectivity index (χ1n) is 6.07. The van der Waals surface area contributed by atoms with Gasteiger partial charge < -0.3 is 14.3 Å². The van der Waals surface area contributed by atoms with E-state index in [-0.39, 0.29) is 18.1 Å². The lowest BCUT2D eigenvalue weighted by atomic mass is 10.00. The van der Waals surface area contributed by atoms with Crippen LogP contribution < -0.4 is 0 Å². The lowest BCUT2D eigenvalue weighted by Gasteiger charge is -2.09. The molecule has 1 rings (SSSR count). The minimum absolute atomic E-state index is 0.0593. The summed E-state index contributed by atoms with van der Waals surface area (Å²) in [7, 11) is 2.68. The van der Waals surface area contributed by atoms with E-state index in [2.05, 4.69) is 4.74 Å². The highest BCUT2D eigenvalue weighted by Crippen LogP contribution is 2.19. The molecular formula is C15H16O5. The number of ether oxygens (including phenoxy) is 2. The second kappa shape index (κ2) is 7.92. The SMILES string of the molecule is COC(=O)Cc1cc(CCC=O)cc(C(=C=O)OC)c1. The number of rotatable bonds is 7. The molecule has 0 aromatic heterocycles. The Kier molecular flexibility index (Phi) is 6.20. The van der Waals surface area contributed by atoms with E-state index in [0.717, 1.165) is 11.8 Å². The molecule has 0 heterocycles. The van der Waals surface area contributed by atoms with E-state index in [1.807, 2.05) is 6.07 Å². The molecule has 5 heteroatoms. The maximum Gasteiger partial charge on any atom is 0.309 e. The molecule has 20 heavy (non-hydrogen) atoms. The molecule has 5 nitrogen and oxygen atoms in total. The van der Waals surface area contributed by atoms with E-state index in [9.17, 15) is 14.4 Å². The highest BCUT2D eigenvalue weighted by Gasteiger charge is 2.10. The zero-order chi connectivity index (χ0) is 15.0. The molecule has 0 aliphatic rings. The number of benzene rings is 1. The molecule has 0 saturated carbocycles. The van der Waals surface area contributed by atoms with Crippen LogP contribution in [0.15, 0.2) is 18.2 Å². The Hall–Kier alpha value is -2.39. The van der Waals surface area contributed by atoms with Crippen molar-refractivity contribution in [3.63, 3.8) is 0 Å². The average Bonchev–Trinajstić information content (AvgIpc) is 2.46. The number of carbonyl (C=O) groups is 2. The predicted molar refractivity (Wildman–Crippen MR) is 72.7 cm³/mol. The Balaban J connectivity index is 3.16. The van der Waals surface area contributed by atoms with Gasteiger partial charge in [-0.1, -0.05) is 6.07 Å². The fraction of sp³-hybridized carbons (Fsp3) is 0.333. The van der Waals surface area contributed by atoms with Crippen LogP contribution in [0, 0.1) is 0 Å². The van der Waals surface area contributed by atoms with E-state index in [4.69, 9.17) is 4.74 Å². The van der Waals surface area contributed by atoms with Gasteiger partial charge in [0.1, 0.15) is 6.29 Å². The summed E-state index contributed by atoms with van der Waals surface area (Å²) in [6.45, 7) is 0. The van der Waals surface area contributed by atoms with E-state index in [1.165, 1.54) is 14.2 Å². The van der Waals surface area contributed by atoms with Crippen molar-refractivity contribution >= 4 is 24.0 Å². The number of esters is 1. The summed E-state index contributed by atoms with van der Waals surface area (Å²) in [5, 5.41) is 0. The van der Waals surface area contributed by atoms with E-state index in [0.29, 0.717) is 24.0 Å². The maximum atomic E-state index is 11.3. The highest BCUT2D eigenvalue weighted by atomic mass is 16.5. The van der Waals surface area contributed by atoms with Crippen molar-refractivity contribution in [1.29, 1.82) is 0 Å². The van der Waals surface area contributed by atoms with Crippen LogP contribution in [0.25, 0.3) is 5.76 Å². The molecule has 0 radical (unpaired) electrons. The molecule has 1 aromatic carbocycles. The quantitative estimate of drug-likeness (QED) is 0.325. The normalized spacial score (nSPS) is 9.50. The molecule has 0 amide bonds. The van der Waals surface area contributed by atoms with Gasteiger partial charge in [-0.25, -0.2) is 4.79 Å². The van der Waals surface area contributed by atoms with E-state index in [1.54, 1.807) is 18.1 Å². The van der Waals surface area contributed by atoms with Crippen LogP contribution >= 0.6 is 0 Å². The van der Waals surface area contributed by atoms with Crippen LogP contribution in [0.4, 0.5) is 0 Å². The van der Waals surface area contributed by atoms with Crippen LogP contribution in [-0.4, -0.2) is 32.4 Å². The molecule has 1 aromatic rings. The van der Waals surface area contributed by atoms with Crippen molar-refractivity contribution in [2.45, 2.75) is 19.3 Å². The molecule has 0 fully saturated rings. The molecule has 106 valence electrons. The van der Waals surface area contributed by atoms with Gasteiger partial charge in [-0.3, -0.25) is 4.79 Å². The molecule has 0 aliphatic heterocycles. The van der Waals surface area contributed by atoms with Crippen molar-refractivity contribution in [2.75, 3.05) is 14.2 Å². The van der Waals surface area contributed by atoms with Crippen LogP contribution in [0.2, 0.25) is 0 Å². The highest BCUT2D eigenvalue weighted by molar-refractivity contribution is 5.84. The average molecular weight is 276 g/mol. The zero-order valence-electron chi connectivity index (χ0n) is 11.5. The molecule has 0 N–H and O–H groups in total. The van der Waals surface area contributed by atoms with Gasteiger partial charge in [0.2, 0.25) is 5.76 Å². The molecule has 0 spiro atoms. The van der Waals surface area contributed by atoms with Crippen molar-refractivity contribution in [1.82, 2.24) is 0 Å². The largest absolute Gasteiger partial charge is 0.486 e. The monoisotopic (exact) mass is 276 g/mol. The van der Waals surface area contributed by atoms with Crippen molar-refractivity contribution in [2.24, 2.45) is 0 Å². The fourth-order valence-corrected chi connectivity index (χ4v) is 1.82. The van der Waals surface area contributed by atoms with Gasteiger partial charge in [-0.05, 0) is 29.7 Å². The molecule has 0 saturated heterocycles. The molecular weight excluding hydrogens is 260 g/mol. The van der Waals surface area contributed by atoms with Gasteiger partial charge in [-0.2, -0.15) is 0 Å². The number of hydrogen-bond acceptors (Lipinski definition) is 5. The lowest BCUT2D eigenvalue weighted by molar-refractivity contribution is -0.139. The third-order valence-corrected chi connectivity index (χ3v) is 2.74. The second-order valence-corrected chi connectivity index (χ2v) is 4.13. The fourth-order valence-electron chi connectivity index (χ4n) is 1.82. The Morgan fingerprint density at radius 2 is 1.90 bits per heavy atom. The number of methoxy groups -OCH3 is 2. The Morgan fingerprint density at radius 1 is 1.20 bits per heavy atom. The Labute approximate surface area is 117 Å². The number of carbonyl (C=O) groups excluding carboxylic acids is 3. The van der Waals surface area contributed by atoms with E-state index < -0.39 is 0 Å². The first-order valence-corrected chi connectivity index (χ1v) is 6.07. The standard InChI is InChI=1S/C15H16O5/c1-19-14(10-17)13-7-11(4-3-5-16)6-12(8-13)9-15(18)20-2/h5-8H,3-4,9H2,1-2H3. The summed E-state index contributed by atoms with van der Waals surface area (Å²) >= 11 is 0. The first kappa shape index (κ1) is 15.7. The molecule has 0 aliphatic carbocycles. The van der Waals surface area contributed by atoms with Gasteiger partial charge in [0.25, 0.3) is 0 Å². The van der Waals surface area contributed by atoms with Crippen LogP contribution in [0.1, 0.15) is 23.1 Å². The maximum absolute atomic E-state index is 11.3. The smallest absolute Gasteiger partial charge is 0.309 e. The minimum Gasteiger partial charge on any atom is -0.486 e. The topological polar surface area (TPSA) is 69.7 Å². The summed E-state index contributed by atoms with van der Waals surface area (Å²) in [4.78, 5) is 32.6. The second-order valence-electron chi connectivity index (χ2n) is 4.13. The van der Waals surface area contributed by atoms with Gasteiger partial charge in [0, 0.05) is 12.0 Å². The van der Waals surface area contributed by atoms with Crippen LogP contribution in [-0.2, 0) is 36.7 Å². The van der Waals surface area contributed by atoms with Crippen LogP contribution in [0.5, 0.6) is 0 Å². The zero-order valence-corrected chi connectivity index (χ0v) is 11.5. The Bertz CT molecular complexity index is 541. The molecule has 0 bridgehead atoms. The predicted octanol–water partition coefficient (Wildman–Crippen LogP) is 1.35. The summed E-state index contributed by atoms with van der Waals surface area (Å²) in [6.07, 6.45) is 1.81. The third kappa shape index (κ3) is 4.37. The summed E-state index contributed by atoms with van der Waals surface area (Å²) in [5.74, 6) is 1.39. The van der Waals surface area contributed by atoms with Gasteiger partial charge in [-0.15, -0.1) is 0 Å². The van der Waals surface area contributed by atoms with Gasteiger partial charge >= 0.3 is 5.97 Å². The summed E-state index contributed by atoms with van der Waals surface area (Å²) in [6, 6.07) is 5.22. The van der Waals surface area contributed by atoms with Crippen molar-refractivity contribution in [3.8, 4) is 0 Å². The molecule has 0 atom stereocenters. The number of aryl methyl sites for hydroxylation is 1. The number of hydrogen-bond donors (Lipinski definition) is 0. The van der Waals surface area contributed by atoms with E-state index >= 15 is 0 Å². The number of aldehydes is 1. The minimum atomic E-state index is -0.377. The third-order valence-electron chi connectivity index (χ3n) is 2.74. The summed E-state index contributed by atoms with van der Waals surface area (Å²) in [5.41, 5.74) is 2.07. The first-order chi connectivity index (χ1) is 9.64. The van der Waals surface area contributed by atoms with Crippen LogP contribution in [0.3, 0.4) is 0 Å².